The minimum atomic E-state index is -0.511. The Bertz CT molecular complexity index is 500. The molecule has 0 fully saturated rings. The van der Waals surface area contributed by atoms with Crippen molar-refractivity contribution in [2.24, 2.45) is 0 Å². The lowest BCUT2D eigenvalue weighted by Crippen LogP contribution is -2.19. The lowest BCUT2D eigenvalue weighted by molar-refractivity contribution is 0.266. The van der Waals surface area contributed by atoms with Gasteiger partial charge < -0.3 is 0 Å². The molecule has 2 rings (SSSR count). The largest absolute Gasteiger partial charge is 0.325 e. The second-order valence-electron chi connectivity index (χ2n) is 4.26. The van der Waals surface area contributed by atoms with Crippen molar-refractivity contribution >= 4 is 28.3 Å². The zero-order valence-corrected chi connectivity index (χ0v) is 11.1. The fraction of sp³-hybridized carbons (Fsp3) is 0.133. The third-order valence-electron chi connectivity index (χ3n) is 2.76. The monoisotopic (exact) mass is 259 g/mol. The van der Waals surface area contributed by atoms with E-state index < -0.39 is 5.37 Å². The minimum Gasteiger partial charge on any atom is -0.268 e. The van der Waals surface area contributed by atoms with Crippen LogP contribution in [0.3, 0.4) is 0 Å². The molecule has 0 aliphatic carbocycles. The average Bonchev–Trinajstić information content (AvgIpc) is 2.34. The average molecular weight is 260 g/mol. The summed E-state index contributed by atoms with van der Waals surface area (Å²) in [5.41, 5.74) is 3.82. The van der Waals surface area contributed by atoms with Gasteiger partial charge in [0.25, 0.3) is 0 Å². The van der Waals surface area contributed by atoms with Gasteiger partial charge in [-0.15, -0.1) is 0 Å². The normalized spacial score (nSPS) is 10.2. The van der Waals surface area contributed by atoms with Crippen molar-refractivity contribution in [1.82, 2.24) is 0 Å². The maximum atomic E-state index is 11.6. The van der Waals surface area contributed by atoms with Crippen molar-refractivity contribution in [1.29, 1.82) is 0 Å². The summed E-state index contributed by atoms with van der Waals surface area (Å²) in [5.74, 6) is 0. The molecule has 0 spiro atoms. The standard InChI is InChI=1S/C15H14ClNO/c1-11-3-7-13(8-4-11)17(15(16)18)14-9-5-12(2)6-10-14/h3-10H,1-2H3. The van der Waals surface area contributed by atoms with Gasteiger partial charge in [0.05, 0.1) is 11.4 Å². The molecule has 0 aliphatic rings. The van der Waals surface area contributed by atoms with Crippen molar-refractivity contribution < 1.29 is 4.79 Å². The topological polar surface area (TPSA) is 20.3 Å². The lowest BCUT2D eigenvalue weighted by Gasteiger charge is -2.20. The first-order chi connectivity index (χ1) is 8.58. The Balaban J connectivity index is 2.43. The highest BCUT2D eigenvalue weighted by Gasteiger charge is 2.15. The zero-order valence-electron chi connectivity index (χ0n) is 10.4. The fourth-order valence-electron chi connectivity index (χ4n) is 1.74. The molecule has 0 saturated heterocycles. The molecule has 0 aromatic heterocycles. The molecule has 3 heteroatoms. The van der Waals surface area contributed by atoms with E-state index >= 15 is 0 Å². The van der Waals surface area contributed by atoms with Crippen LogP contribution in [-0.2, 0) is 0 Å². The predicted molar refractivity (Wildman–Crippen MR) is 75.7 cm³/mol. The summed E-state index contributed by atoms with van der Waals surface area (Å²) in [6.45, 7) is 4.00. The van der Waals surface area contributed by atoms with Crippen LogP contribution in [0.25, 0.3) is 0 Å². The molecule has 2 aromatic carbocycles. The van der Waals surface area contributed by atoms with Crippen LogP contribution < -0.4 is 4.90 Å². The highest BCUT2D eigenvalue weighted by atomic mass is 35.5. The number of hydrogen-bond donors (Lipinski definition) is 0. The van der Waals surface area contributed by atoms with Gasteiger partial charge in [-0.05, 0) is 49.7 Å². The van der Waals surface area contributed by atoms with Crippen LogP contribution in [0.5, 0.6) is 0 Å². The summed E-state index contributed by atoms with van der Waals surface area (Å²) < 4.78 is 0. The molecule has 0 aliphatic heterocycles. The molecule has 2 nitrogen and oxygen atoms in total. The predicted octanol–water partition coefficient (Wildman–Crippen LogP) is 4.80. The Morgan fingerprint density at radius 1 is 0.833 bits per heavy atom. The number of hydrogen-bond acceptors (Lipinski definition) is 1. The van der Waals surface area contributed by atoms with E-state index in [0.717, 1.165) is 22.5 Å². The first-order valence-electron chi connectivity index (χ1n) is 5.71. The van der Waals surface area contributed by atoms with Crippen LogP contribution >= 0.6 is 11.6 Å². The van der Waals surface area contributed by atoms with Gasteiger partial charge in [-0.1, -0.05) is 35.4 Å². The van der Waals surface area contributed by atoms with Gasteiger partial charge in [0.15, 0.2) is 0 Å². The van der Waals surface area contributed by atoms with Crippen LogP contribution in [0.1, 0.15) is 11.1 Å². The summed E-state index contributed by atoms with van der Waals surface area (Å²) in [4.78, 5) is 13.1. The molecule has 0 heterocycles. The fourth-order valence-corrected chi connectivity index (χ4v) is 1.93. The third-order valence-corrected chi connectivity index (χ3v) is 2.93. The van der Waals surface area contributed by atoms with E-state index in [4.69, 9.17) is 11.6 Å². The summed E-state index contributed by atoms with van der Waals surface area (Å²) >= 11 is 5.68. The van der Waals surface area contributed by atoms with Crippen LogP contribution in [0.2, 0.25) is 0 Å². The number of anilines is 2. The number of amides is 1. The molecule has 92 valence electrons. The van der Waals surface area contributed by atoms with Crippen molar-refractivity contribution in [3.05, 3.63) is 59.7 Å². The number of benzene rings is 2. The Morgan fingerprint density at radius 3 is 1.44 bits per heavy atom. The van der Waals surface area contributed by atoms with Crippen LogP contribution in [0.15, 0.2) is 48.5 Å². The molecule has 0 atom stereocenters. The number of aryl methyl sites for hydroxylation is 2. The van der Waals surface area contributed by atoms with E-state index in [1.54, 1.807) is 0 Å². The molecular formula is C15H14ClNO. The Kier molecular flexibility index (Phi) is 3.68. The van der Waals surface area contributed by atoms with Crippen LogP contribution in [-0.4, -0.2) is 5.37 Å². The number of carbonyl (C=O) groups excluding carboxylic acids is 1. The summed E-state index contributed by atoms with van der Waals surface area (Å²) in [5, 5.41) is -0.511. The molecular weight excluding hydrogens is 246 g/mol. The van der Waals surface area contributed by atoms with Gasteiger partial charge >= 0.3 is 5.37 Å². The van der Waals surface area contributed by atoms with Gasteiger partial charge in [0.1, 0.15) is 0 Å². The van der Waals surface area contributed by atoms with Gasteiger partial charge in [-0.3, -0.25) is 9.69 Å². The molecule has 0 radical (unpaired) electrons. The highest BCUT2D eigenvalue weighted by Crippen LogP contribution is 2.27. The maximum absolute atomic E-state index is 11.6. The third kappa shape index (κ3) is 2.71. The van der Waals surface area contributed by atoms with Crippen molar-refractivity contribution in [3.63, 3.8) is 0 Å². The van der Waals surface area contributed by atoms with E-state index in [2.05, 4.69) is 0 Å². The van der Waals surface area contributed by atoms with E-state index in [1.807, 2.05) is 62.4 Å². The van der Waals surface area contributed by atoms with E-state index in [-0.39, 0.29) is 0 Å². The van der Waals surface area contributed by atoms with Gasteiger partial charge in [-0.2, -0.15) is 0 Å². The van der Waals surface area contributed by atoms with Gasteiger partial charge in [0.2, 0.25) is 0 Å². The molecule has 0 saturated carbocycles. The molecule has 0 bridgehead atoms. The van der Waals surface area contributed by atoms with E-state index in [0.29, 0.717) is 0 Å². The van der Waals surface area contributed by atoms with Crippen LogP contribution in [0, 0.1) is 13.8 Å². The summed E-state index contributed by atoms with van der Waals surface area (Å²) in [6.07, 6.45) is 0. The molecule has 0 unspecified atom stereocenters. The van der Waals surface area contributed by atoms with Gasteiger partial charge in [-0.25, -0.2) is 0 Å². The van der Waals surface area contributed by atoms with Crippen LogP contribution in [0.4, 0.5) is 16.2 Å². The van der Waals surface area contributed by atoms with E-state index in [9.17, 15) is 4.79 Å². The van der Waals surface area contributed by atoms with Crippen molar-refractivity contribution in [2.45, 2.75) is 13.8 Å². The number of halogens is 1. The summed E-state index contributed by atoms with van der Waals surface area (Å²) in [7, 11) is 0. The van der Waals surface area contributed by atoms with E-state index in [1.165, 1.54) is 4.90 Å². The van der Waals surface area contributed by atoms with Crippen molar-refractivity contribution in [3.8, 4) is 0 Å². The Morgan fingerprint density at radius 2 is 1.17 bits per heavy atom. The molecule has 2 aromatic rings. The minimum absolute atomic E-state index is 0.511. The number of rotatable bonds is 2. The first-order valence-corrected chi connectivity index (χ1v) is 6.08. The molecule has 18 heavy (non-hydrogen) atoms. The Hall–Kier alpha value is -1.80. The lowest BCUT2D eigenvalue weighted by atomic mass is 10.2. The first kappa shape index (κ1) is 12.7. The zero-order chi connectivity index (χ0) is 13.1. The second kappa shape index (κ2) is 5.23. The maximum Gasteiger partial charge on any atom is 0.325 e. The Labute approximate surface area is 112 Å². The molecule has 1 amide bonds. The number of nitrogens with zero attached hydrogens (tertiary/aromatic N) is 1. The highest BCUT2D eigenvalue weighted by molar-refractivity contribution is 6.66. The van der Waals surface area contributed by atoms with Gasteiger partial charge in [0, 0.05) is 0 Å². The SMILES string of the molecule is Cc1ccc(N(C(=O)Cl)c2ccc(C)cc2)cc1. The smallest absolute Gasteiger partial charge is 0.268 e. The summed E-state index contributed by atoms with van der Waals surface area (Å²) in [6, 6.07) is 15.4. The number of carbonyl (C=O) groups is 1. The quantitative estimate of drug-likeness (QED) is 0.560. The van der Waals surface area contributed by atoms with Crippen molar-refractivity contribution in [2.75, 3.05) is 4.90 Å². The molecule has 0 N–H and O–H groups in total. The second-order valence-corrected chi connectivity index (χ2v) is 4.58.